The highest BCUT2D eigenvalue weighted by Gasteiger charge is 2.20. The van der Waals surface area contributed by atoms with E-state index in [2.05, 4.69) is 15.0 Å². The Kier molecular flexibility index (Phi) is 5.62. The van der Waals surface area contributed by atoms with Gasteiger partial charge in [0, 0.05) is 22.7 Å². The number of rotatable bonds is 7. The van der Waals surface area contributed by atoms with E-state index in [4.69, 9.17) is 0 Å². The Hall–Kier alpha value is -3.12. The number of carbonyl (C=O) groups excluding carboxylic acids is 1. The summed E-state index contributed by atoms with van der Waals surface area (Å²) in [5.41, 5.74) is 3.95. The highest BCUT2D eigenvalue weighted by atomic mass is 32.2. The zero-order chi connectivity index (χ0) is 20.2. The van der Waals surface area contributed by atoms with Crippen molar-refractivity contribution in [2.24, 2.45) is 0 Å². The van der Waals surface area contributed by atoms with Gasteiger partial charge in [-0.15, -0.1) is 0 Å². The van der Waals surface area contributed by atoms with Crippen LogP contribution in [-0.2, 0) is 6.42 Å². The molecule has 0 aliphatic carbocycles. The summed E-state index contributed by atoms with van der Waals surface area (Å²) in [5, 5.41) is 1.38. The zero-order valence-electron chi connectivity index (χ0n) is 16.1. The molecule has 5 nitrogen and oxygen atoms in total. The topological polar surface area (TPSA) is 78.6 Å². The second-order valence-corrected chi connectivity index (χ2v) is 7.75. The highest BCUT2D eigenvalue weighted by Crippen LogP contribution is 2.31. The number of aromatic amines is 2. The molecule has 0 atom stereocenters. The van der Waals surface area contributed by atoms with Crippen molar-refractivity contribution < 1.29 is 4.79 Å². The maximum Gasteiger partial charge on any atom is 0.251 e. The minimum absolute atomic E-state index is 0.00477. The van der Waals surface area contributed by atoms with Gasteiger partial charge in [0.15, 0.2) is 10.9 Å². The number of thioether (sulfide) groups is 1. The Morgan fingerprint density at radius 1 is 1.03 bits per heavy atom. The van der Waals surface area contributed by atoms with Crippen molar-refractivity contribution in [3.05, 3.63) is 82.3 Å². The van der Waals surface area contributed by atoms with Crippen LogP contribution in [0.1, 0.15) is 29.4 Å². The van der Waals surface area contributed by atoms with Crippen molar-refractivity contribution in [1.82, 2.24) is 15.0 Å². The number of fused-ring (bicyclic) bond motifs is 1. The molecule has 2 heterocycles. The third kappa shape index (κ3) is 4.17. The summed E-state index contributed by atoms with van der Waals surface area (Å²) in [5.74, 6) is 0.190. The monoisotopic (exact) mass is 403 g/mol. The number of ketones is 1. The Balaban J connectivity index is 1.66. The molecule has 4 rings (SSSR count). The molecule has 29 heavy (non-hydrogen) atoms. The predicted molar refractivity (Wildman–Crippen MR) is 118 cm³/mol. The van der Waals surface area contributed by atoms with E-state index in [1.807, 2.05) is 61.5 Å². The fraction of sp³-hybridized carbons (Fsp3) is 0.174. The van der Waals surface area contributed by atoms with E-state index >= 15 is 0 Å². The normalized spacial score (nSPS) is 11.1. The van der Waals surface area contributed by atoms with Crippen LogP contribution in [0.2, 0.25) is 0 Å². The first-order valence-electron chi connectivity index (χ1n) is 9.58. The van der Waals surface area contributed by atoms with Crippen LogP contribution >= 0.6 is 11.8 Å². The molecule has 0 saturated heterocycles. The first kappa shape index (κ1) is 19.2. The van der Waals surface area contributed by atoms with Gasteiger partial charge in [0.1, 0.15) is 0 Å². The highest BCUT2D eigenvalue weighted by molar-refractivity contribution is 7.99. The summed E-state index contributed by atoms with van der Waals surface area (Å²) in [4.78, 5) is 35.7. The van der Waals surface area contributed by atoms with E-state index in [1.54, 1.807) is 0 Å². The van der Waals surface area contributed by atoms with Gasteiger partial charge < -0.3 is 9.97 Å². The van der Waals surface area contributed by atoms with Gasteiger partial charge in [0.2, 0.25) is 0 Å². The number of H-pyrrole nitrogens is 2. The van der Waals surface area contributed by atoms with Crippen molar-refractivity contribution in [2.45, 2.75) is 24.9 Å². The second-order valence-electron chi connectivity index (χ2n) is 6.79. The Bertz CT molecular complexity index is 1210. The third-order valence-corrected chi connectivity index (χ3v) is 5.54. The van der Waals surface area contributed by atoms with Crippen LogP contribution in [0.15, 0.2) is 70.6 Å². The Morgan fingerprint density at radius 2 is 1.79 bits per heavy atom. The van der Waals surface area contributed by atoms with E-state index in [0.29, 0.717) is 10.7 Å². The molecule has 146 valence electrons. The molecule has 0 bridgehead atoms. The first-order chi connectivity index (χ1) is 14.2. The average Bonchev–Trinajstić information content (AvgIpc) is 3.12. The van der Waals surface area contributed by atoms with Gasteiger partial charge in [-0.05, 0) is 18.1 Å². The lowest BCUT2D eigenvalue weighted by Crippen LogP contribution is -2.11. The quantitative estimate of drug-likeness (QED) is 0.263. The number of Topliss-reactive ketones (excluding diaryl/α,β-unsaturated/α-hetero) is 1. The molecule has 0 fully saturated rings. The fourth-order valence-corrected chi connectivity index (χ4v) is 4.16. The predicted octanol–water partition coefficient (Wildman–Crippen LogP) is 4.85. The van der Waals surface area contributed by atoms with Gasteiger partial charge in [-0.1, -0.05) is 73.6 Å². The summed E-state index contributed by atoms with van der Waals surface area (Å²) in [6.07, 6.45) is 1.65. The largest absolute Gasteiger partial charge is 0.354 e. The lowest BCUT2D eigenvalue weighted by atomic mass is 10.0. The number of aryl methyl sites for hydroxylation is 1. The maximum atomic E-state index is 13.2. The zero-order valence-corrected chi connectivity index (χ0v) is 16.9. The van der Waals surface area contributed by atoms with E-state index in [9.17, 15) is 9.59 Å². The van der Waals surface area contributed by atoms with Crippen LogP contribution in [0, 0.1) is 0 Å². The van der Waals surface area contributed by atoms with Gasteiger partial charge in [-0.3, -0.25) is 9.59 Å². The standard InChI is InChI=1S/C23H21N3O2S/c1-2-8-16-13-20(28)26-23(24-16)29-14-19(27)21-17-11-6-7-12-18(17)25-22(21)15-9-4-3-5-10-15/h3-7,9-13,25H,2,8,14H2,1H3,(H,24,26,28). The summed E-state index contributed by atoms with van der Waals surface area (Å²) in [7, 11) is 0. The number of hydrogen-bond donors (Lipinski definition) is 2. The number of aromatic nitrogens is 3. The molecule has 6 heteroatoms. The van der Waals surface area contributed by atoms with E-state index in [-0.39, 0.29) is 17.1 Å². The molecule has 2 aromatic carbocycles. The molecule has 0 spiro atoms. The maximum absolute atomic E-state index is 13.2. The van der Waals surface area contributed by atoms with E-state index in [0.717, 1.165) is 40.7 Å². The van der Waals surface area contributed by atoms with Crippen molar-refractivity contribution in [2.75, 3.05) is 5.75 Å². The van der Waals surface area contributed by atoms with Gasteiger partial charge >= 0.3 is 0 Å². The molecule has 2 N–H and O–H groups in total. The van der Waals surface area contributed by atoms with Crippen LogP contribution < -0.4 is 5.56 Å². The molecule has 0 aliphatic rings. The number of nitrogens with zero attached hydrogens (tertiary/aromatic N) is 1. The Labute approximate surface area is 172 Å². The number of benzene rings is 2. The van der Waals surface area contributed by atoms with Crippen LogP contribution in [-0.4, -0.2) is 26.5 Å². The number of nitrogens with one attached hydrogen (secondary N) is 2. The van der Waals surface area contributed by atoms with Gasteiger partial charge in [0.05, 0.1) is 17.0 Å². The van der Waals surface area contributed by atoms with E-state index in [1.165, 1.54) is 17.8 Å². The minimum Gasteiger partial charge on any atom is -0.354 e. The molecule has 0 saturated carbocycles. The van der Waals surface area contributed by atoms with Gasteiger partial charge in [0.25, 0.3) is 5.56 Å². The molecule has 2 aromatic heterocycles. The van der Waals surface area contributed by atoms with Crippen molar-refractivity contribution >= 4 is 28.4 Å². The van der Waals surface area contributed by atoms with E-state index < -0.39 is 0 Å². The smallest absolute Gasteiger partial charge is 0.251 e. The lowest BCUT2D eigenvalue weighted by molar-refractivity contribution is 0.102. The first-order valence-corrected chi connectivity index (χ1v) is 10.6. The molecule has 0 amide bonds. The fourth-order valence-electron chi connectivity index (χ4n) is 3.40. The number of para-hydroxylation sites is 1. The summed E-state index contributed by atoms with van der Waals surface area (Å²) in [6.45, 7) is 2.04. The summed E-state index contributed by atoms with van der Waals surface area (Å²) in [6, 6.07) is 19.2. The molecule has 4 aromatic rings. The van der Waals surface area contributed by atoms with Gasteiger partial charge in [-0.2, -0.15) is 0 Å². The Morgan fingerprint density at radius 3 is 2.59 bits per heavy atom. The lowest BCUT2D eigenvalue weighted by Gasteiger charge is -2.06. The molecule has 0 unspecified atom stereocenters. The second kappa shape index (κ2) is 8.49. The molecule has 0 aliphatic heterocycles. The molecular formula is C23H21N3O2S. The van der Waals surface area contributed by atoms with Crippen molar-refractivity contribution in [3.63, 3.8) is 0 Å². The molecule has 0 radical (unpaired) electrons. The molecular weight excluding hydrogens is 382 g/mol. The van der Waals surface area contributed by atoms with Crippen LogP contribution in [0.4, 0.5) is 0 Å². The number of carbonyl (C=O) groups is 1. The van der Waals surface area contributed by atoms with Crippen LogP contribution in [0.25, 0.3) is 22.2 Å². The average molecular weight is 404 g/mol. The third-order valence-electron chi connectivity index (χ3n) is 4.67. The van der Waals surface area contributed by atoms with Crippen LogP contribution in [0.5, 0.6) is 0 Å². The van der Waals surface area contributed by atoms with Crippen LogP contribution in [0.3, 0.4) is 0 Å². The number of hydrogen-bond acceptors (Lipinski definition) is 4. The van der Waals surface area contributed by atoms with Crippen molar-refractivity contribution in [3.8, 4) is 11.3 Å². The summed E-state index contributed by atoms with van der Waals surface area (Å²) >= 11 is 1.26. The van der Waals surface area contributed by atoms with Gasteiger partial charge in [-0.25, -0.2) is 4.98 Å². The SMILES string of the molecule is CCCc1cc(=O)[nH]c(SCC(=O)c2c(-c3ccccc3)[nH]c3ccccc23)n1. The van der Waals surface area contributed by atoms with Crippen molar-refractivity contribution in [1.29, 1.82) is 0 Å². The minimum atomic E-state index is -0.185. The summed E-state index contributed by atoms with van der Waals surface area (Å²) < 4.78 is 0.